The molecule has 0 aromatic heterocycles. The molecule has 4 heteroatoms. The minimum Gasteiger partial charge on any atom is -0.336 e. The van der Waals surface area contributed by atoms with Crippen LogP contribution in [0.2, 0.25) is 0 Å². The van der Waals surface area contributed by atoms with Crippen LogP contribution < -0.4 is 10.6 Å². The van der Waals surface area contributed by atoms with Crippen LogP contribution in [0.4, 0.5) is 9.18 Å². The Morgan fingerprint density at radius 2 is 2.06 bits per heavy atom. The third-order valence-corrected chi connectivity index (χ3v) is 3.48. The standard InChI is InChI=1S/C14H19FN2O/c1-10-6-7-13(17-14(18)16-9-8-15)12-5-3-2-4-11(10)12/h2-5,10,13H,6-9H2,1H3,(H2,16,17,18). The number of rotatable bonds is 3. The van der Waals surface area contributed by atoms with Crippen LogP contribution in [-0.4, -0.2) is 19.3 Å². The van der Waals surface area contributed by atoms with E-state index in [0.717, 1.165) is 12.8 Å². The molecule has 0 radical (unpaired) electrons. The van der Waals surface area contributed by atoms with Crippen molar-refractivity contribution >= 4 is 6.03 Å². The van der Waals surface area contributed by atoms with Gasteiger partial charge in [-0.3, -0.25) is 0 Å². The maximum atomic E-state index is 12.0. The number of carbonyl (C=O) groups is 1. The van der Waals surface area contributed by atoms with Crippen molar-refractivity contribution in [3.05, 3.63) is 35.4 Å². The molecule has 0 spiro atoms. The zero-order valence-corrected chi connectivity index (χ0v) is 10.6. The van der Waals surface area contributed by atoms with E-state index in [1.54, 1.807) is 0 Å². The topological polar surface area (TPSA) is 41.1 Å². The minimum atomic E-state index is -0.536. The Balaban J connectivity index is 2.07. The fraction of sp³-hybridized carbons (Fsp3) is 0.500. The van der Waals surface area contributed by atoms with Gasteiger partial charge in [0.15, 0.2) is 0 Å². The van der Waals surface area contributed by atoms with Crippen LogP contribution in [0, 0.1) is 0 Å². The monoisotopic (exact) mass is 250 g/mol. The second-order valence-electron chi connectivity index (χ2n) is 4.75. The number of hydrogen-bond acceptors (Lipinski definition) is 1. The zero-order valence-electron chi connectivity index (χ0n) is 10.6. The van der Waals surface area contributed by atoms with Crippen molar-refractivity contribution in [2.24, 2.45) is 0 Å². The molecule has 0 saturated heterocycles. The lowest BCUT2D eigenvalue weighted by molar-refractivity contribution is 0.234. The highest BCUT2D eigenvalue weighted by Gasteiger charge is 2.25. The lowest BCUT2D eigenvalue weighted by atomic mass is 9.81. The zero-order chi connectivity index (χ0) is 13.0. The van der Waals surface area contributed by atoms with Gasteiger partial charge in [-0.05, 0) is 29.9 Å². The van der Waals surface area contributed by atoms with Gasteiger partial charge in [-0.2, -0.15) is 0 Å². The molecule has 1 aromatic carbocycles. The number of amides is 2. The molecule has 0 fully saturated rings. The third-order valence-electron chi connectivity index (χ3n) is 3.48. The second kappa shape index (κ2) is 5.85. The van der Waals surface area contributed by atoms with Crippen molar-refractivity contribution in [1.82, 2.24) is 10.6 Å². The Labute approximate surface area is 107 Å². The fourth-order valence-corrected chi connectivity index (χ4v) is 2.52. The average Bonchev–Trinajstić information content (AvgIpc) is 2.40. The first-order valence-corrected chi connectivity index (χ1v) is 6.41. The Bertz CT molecular complexity index is 422. The van der Waals surface area contributed by atoms with Gasteiger partial charge >= 0.3 is 6.03 Å². The molecule has 3 nitrogen and oxygen atoms in total. The molecule has 1 aliphatic rings. The summed E-state index contributed by atoms with van der Waals surface area (Å²) in [6.07, 6.45) is 1.99. The predicted octanol–water partition coefficient (Wildman–Crippen LogP) is 2.89. The molecule has 0 aliphatic heterocycles. The number of nitrogens with one attached hydrogen (secondary N) is 2. The molecule has 2 N–H and O–H groups in total. The molecule has 0 saturated carbocycles. The van der Waals surface area contributed by atoms with Crippen LogP contribution in [0.5, 0.6) is 0 Å². The van der Waals surface area contributed by atoms with Crippen LogP contribution in [-0.2, 0) is 0 Å². The maximum absolute atomic E-state index is 12.0. The van der Waals surface area contributed by atoms with Crippen molar-refractivity contribution in [3.8, 4) is 0 Å². The molecule has 18 heavy (non-hydrogen) atoms. The molecule has 0 bridgehead atoms. The maximum Gasteiger partial charge on any atom is 0.315 e. The highest BCUT2D eigenvalue weighted by molar-refractivity contribution is 5.74. The van der Waals surface area contributed by atoms with E-state index < -0.39 is 6.67 Å². The summed E-state index contributed by atoms with van der Waals surface area (Å²) in [4.78, 5) is 11.6. The lowest BCUT2D eigenvalue weighted by Crippen LogP contribution is -2.40. The molecule has 2 atom stereocenters. The first kappa shape index (κ1) is 12.9. The van der Waals surface area contributed by atoms with Gasteiger partial charge in [0.25, 0.3) is 0 Å². The summed E-state index contributed by atoms with van der Waals surface area (Å²) in [5.74, 6) is 0.535. The largest absolute Gasteiger partial charge is 0.336 e. The van der Waals surface area contributed by atoms with Gasteiger partial charge in [0.1, 0.15) is 6.67 Å². The van der Waals surface area contributed by atoms with Crippen molar-refractivity contribution in [2.75, 3.05) is 13.2 Å². The van der Waals surface area contributed by atoms with Gasteiger partial charge in [-0.1, -0.05) is 31.2 Å². The number of benzene rings is 1. The summed E-state index contributed by atoms with van der Waals surface area (Å²) in [5, 5.41) is 5.41. The summed E-state index contributed by atoms with van der Waals surface area (Å²) in [6, 6.07) is 7.95. The second-order valence-corrected chi connectivity index (χ2v) is 4.75. The number of fused-ring (bicyclic) bond motifs is 1. The average molecular weight is 250 g/mol. The van der Waals surface area contributed by atoms with E-state index in [2.05, 4.69) is 29.7 Å². The first-order valence-electron chi connectivity index (χ1n) is 6.41. The van der Waals surface area contributed by atoms with Gasteiger partial charge in [0, 0.05) is 6.54 Å². The first-order chi connectivity index (χ1) is 8.72. The van der Waals surface area contributed by atoms with Gasteiger partial charge < -0.3 is 10.6 Å². The van der Waals surface area contributed by atoms with Crippen LogP contribution in [0.1, 0.15) is 42.9 Å². The summed E-state index contributed by atoms with van der Waals surface area (Å²) in [5.41, 5.74) is 2.49. The summed E-state index contributed by atoms with van der Waals surface area (Å²) in [6.45, 7) is 1.74. The van der Waals surface area contributed by atoms with E-state index in [1.807, 2.05) is 12.1 Å². The van der Waals surface area contributed by atoms with E-state index in [9.17, 15) is 9.18 Å². The number of alkyl halides is 1. The van der Waals surface area contributed by atoms with Crippen LogP contribution in [0.15, 0.2) is 24.3 Å². The molecule has 1 aliphatic carbocycles. The minimum absolute atomic E-state index is 0.0389. The SMILES string of the molecule is CC1CCC(NC(=O)NCCF)c2ccccc21. The summed E-state index contributed by atoms with van der Waals surface area (Å²) >= 11 is 0. The Hall–Kier alpha value is -1.58. The molecular weight excluding hydrogens is 231 g/mol. The number of hydrogen-bond donors (Lipinski definition) is 2. The Kier molecular flexibility index (Phi) is 4.18. The predicted molar refractivity (Wildman–Crippen MR) is 69.3 cm³/mol. The van der Waals surface area contributed by atoms with Gasteiger partial charge in [0.05, 0.1) is 6.04 Å². The highest BCUT2D eigenvalue weighted by Crippen LogP contribution is 2.36. The third kappa shape index (κ3) is 2.81. The highest BCUT2D eigenvalue weighted by atomic mass is 19.1. The van der Waals surface area contributed by atoms with Crippen LogP contribution >= 0.6 is 0 Å². The Morgan fingerprint density at radius 3 is 2.78 bits per heavy atom. The van der Waals surface area contributed by atoms with Crippen LogP contribution in [0.25, 0.3) is 0 Å². The molecule has 98 valence electrons. The van der Waals surface area contributed by atoms with Crippen molar-refractivity contribution < 1.29 is 9.18 Å². The van der Waals surface area contributed by atoms with Gasteiger partial charge in [0.2, 0.25) is 0 Å². The molecule has 2 amide bonds. The number of carbonyl (C=O) groups excluding carboxylic acids is 1. The van der Waals surface area contributed by atoms with Crippen molar-refractivity contribution in [1.29, 1.82) is 0 Å². The van der Waals surface area contributed by atoms with Gasteiger partial charge in [-0.25, -0.2) is 9.18 Å². The molecule has 0 heterocycles. The van der Waals surface area contributed by atoms with Gasteiger partial charge in [-0.15, -0.1) is 0 Å². The number of halogens is 1. The molecule has 2 rings (SSSR count). The smallest absolute Gasteiger partial charge is 0.315 e. The van der Waals surface area contributed by atoms with E-state index >= 15 is 0 Å². The van der Waals surface area contributed by atoms with E-state index in [0.29, 0.717) is 5.92 Å². The fourth-order valence-electron chi connectivity index (χ4n) is 2.52. The normalized spacial score (nSPS) is 22.1. The van der Waals surface area contributed by atoms with Crippen molar-refractivity contribution in [3.63, 3.8) is 0 Å². The van der Waals surface area contributed by atoms with Crippen LogP contribution in [0.3, 0.4) is 0 Å². The van der Waals surface area contributed by atoms with Crippen molar-refractivity contribution in [2.45, 2.75) is 31.7 Å². The summed E-state index contributed by atoms with van der Waals surface area (Å²) < 4.78 is 12.0. The summed E-state index contributed by atoms with van der Waals surface area (Å²) in [7, 11) is 0. The van der Waals surface area contributed by atoms with E-state index in [4.69, 9.17) is 0 Å². The molecular formula is C14H19FN2O. The lowest BCUT2D eigenvalue weighted by Gasteiger charge is -2.30. The quantitative estimate of drug-likeness (QED) is 0.851. The van der Waals surface area contributed by atoms with E-state index in [-0.39, 0.29) is 18.6 Å². The van der Waals surface area contributed by atoms with E-state index in [1.165, 1.54) is 11.1 Å². The molecule has 1 aromatic rings. The number of urea groups is 1. The Morgan fingerprint density at radius 1 is 1.33 bits per heavy atom. The molecule has 2 unspecified atom stereocenters.